The highest BCUT2D eigenvalue weighted by Gasteiger charge is 1.95. The molecule has 1 aromatic heterocycles. The average Bonchev–Trinajstić information content (AvgIpc) is 2.76. The minimum atomic E-state index is 0.781. The first-order chi connectivity index (χ1) is 7.83. The third-order valence-electron chi connectivity index (χ3n) is 2.23. The SMILES string of the molecule is COCCNCC/C=C(/C)Cc1cncs1. The Morgan fingerprint density at radius 2 is 2.44 bits per heavy atom. The first-order valence-corrected chi connectivity index (χ1v) is 6.43. The predicted molar refractivity (Wildman–Crippen MR) is 68.9 cm³/mol. The molecule has 0 aliphatic carbocycles. The minimum absolute atomic E-state index is 0.781. The van der Waals surface area contributed by atoms with Crippen LogP contribution in [0.15, 0.2) is 23.4 Å². The zero-order chi connectivity index (χ0) is 11.6. The van der Waals surface area contributed by atoms with Crippen LogP contribution in [0.25, 0.3) is 0 Å². The van der Waals surface area contributed by atoms with Crippen LogP contribution < -0.4 is 5.32 Å². The van der Waals surface area contributed by atoms with Crippen molar-refractivity contribution in [2.75, 3.05) is 26.8 Å². The van der Waals surface area contributed by atoms with Gasteiger partial charge in [-0.15, -0.1) is 11.3 Å². The highest BCUT2D eigenvalue weighted by Crippen LogP contribution is 2.11. The number of thiazole rings is 1. The molecule has 0 spiro atoms. The molecule has 0 bridgehead atoms. The molecule has 0 amide bonds. The zero-order valence-corrected chi connectivity index (χ0v) is 10.8. The van der Waals surface area contributed by atoms with Gasteiger partial charge in [-0.1, -0.05) is 11.6 Å². The van der Waals surface area contributed by atoms with Crippen LogP contribution in [0.1, 0.15) is 18.2 Å². The number of aromatic nitrogens is 1. The standard InChI is InChI=1S/C12H20N2OS/c1-11(8-12-9-14-10-16-12)4-3-5-13-6-7-15-2/h4,9-10,13H,3,5-8H2,1-2H3/b11-4-. The number of hydrogen-bond acceptors (Lipinski definition) is 4. The largest absolute Gasteiger partial charge is 0.383 e. The smallest absolute Gasteiger partial charge is 0.0794 e. The Morgan fingerprint density at radius 3 is 3.12 bits per heavy atom. The van der Waals surface area contributed by atoms with Gasteiger partial charge in [0.25, 0.3) is 0 Å². The van der Waals surface area contributed by atoms with E-state index in [4.69, 9.17) is 4.74 Å². The molecule has 90 valence electrons. The van der Waals surface area contributed by atoms with Crippen molar-refractivity contribution in [1.29, 1.82) is 0 Å². The number of ether oxygens (including phenoxy) is 1. The maximum atomic E-state index is 4.96. The van der Waals surface area contributed by atoms with Crippen molar-refractivity contribution in [3.8, 4) is 0 Å². The van der Waals surface area contributed by atoms with Gasteiger partial charge in [0.2, 0.25) is 0 Å². The molecular weight excluding hydrogens is 220 g/mol. The van der Waals surface area contributed by atoms with E-state index in [9.17, 15) is 0 Å². The van der Waals surface area contributed by atoms with E-state index >= 15 is 0 Å². The lowest BCUT2D eigenvalue weighted by Gasteiger charge is -2.02. The molecule has 1 N–H and O–H groups in total. The topological polar surface area (TPSA) is 34.1 Å². The highest BCUT2D eigenvalue weighted by atomic mass is 32.1. The Balaban J connectivity index is 2.09. The van der Waals surface area contributed by atoms with E-state index in [1.54, 1.807) is 18.4 Å². The first-order valence-electron chi connectivity index (χ1n) is 5.55. The molecular formula is C12H20N2OS. The molecule has 3 nitrogen and oxygen atoms in total. The van der Waals surface area contributed by atoms with Gasteiger partial charge in [0.1, 0.15) is 0 Å². The lowest BCUT2D eigenvalue weighted by Crippen LogP contribution is -2.19. The summed E-state index contributed by atoms with van der Waals surface area (Å²) in [5.74, 6) is 0. The van der Waals surface area contributed by atoms with Crippen molar-refractivity contribution in [3.63, 3.8) is 0 Å². The second-order valence-electron chi connectivity index (χ2n) is 3.73. The first kappa shape index (κ1) is 13.4. The summed E-state index contributed by atoms with van der Waals surface area (Å²) in [6.07, 6.45) is 6.34. The second-order valence-corrected chi connectivity index (χ2v) is 4.70. The van der Waals surface area contributed by atoms with Crippen molar-refractivity contribution >= 4 is 11.3 Å². The van der Waals surface area contributed by atoms with Crippen molar-refractivity contribution < 1.29 is 4.74 Å². The quantitative estimate of drug-likeness (QED) is 0.559. The molecule has 0 fully saturated rings. The normalized spacial score (nSPS) is 12.0. The Kier molecular flexibility index (Phi) is 7.05. The molecule has 0 radical (unpaired) electrons. The average molecular weight is 240 g/mol. The summed E-state index contributed by atoms with van der Waals surface area (Å²) < 4.78 is 4.96. The summed E-state index contributed by atoms with van der Waals surface area (Å²) in [5.41, 5.74) is 3.30. The molecule has 0 atom stereocenters. The second kappa shape index (κ2) is 8.44. The van der Waals surface area contributed by atoms with E-state index in [2.05, 4.69) is 23.3 Å². The molecule has 1 heterocycles. The van der Waals surface area contributed by atoms with E-state index in [1.807, 2.05) is 11.7 Å². The molecule has 0 aliphatic rings. The van der Waals surface area contributed by atoms with E-state index in [1.165, 1.54) is 10.5 Å². The number of methoxy groups -OCH3 is 1. The van der Waals surface area contributed by atoms with Crippen LogP contribution in [0.3, 0.4) is 0 Å². The maximum Gasteiger partial charge on any atom is 0.0794 e. The van der Waals surface area contributed by atoms with Gasteiger partial charge in [-0.05, 0) is 19.9 Å². The van der Waals surface area contributed by atoms with Gasteiger partial charge in [0.15, 0.2) is 0 Å². The lowest BCUT2D eigenvalue weighted by molar-refractivity contribution is 0.199. The van der Waals surface area contributed by atoms with Crippen LogP contribution in [0, 0.1) is 0 Å². The molecule has 0 saturated heterocycles. The van der Waals surface area contributed by atoms with Gasteiger partial charge in [0.05, 0.1) is 12.1 Å². The zero-order valence-electron chi connectivity index (χ0n) is 10.0. The van der Waals surface area contributed by atoms with E-state index in [0.717, 1.165) is 32.5 Å². The monoisotopic (exact) mass is 240 g/mol. The van der Waals surface area contributed by atoms with Gasteiger partial charge in [-0.3, -0.25) is 4.98 Å². The predicted octanol–water partition coefficient (Wildman–Crippen LogP) is 2.26. The summed E-state index contributed by atoms with van der Waals surface area (Å²) in [5, 5.41) is 3.32. The molecule has 0 unspecified atom stereocenters. The minimum Gasteiger partial charge on any atom is -0.383 e. The van der Waals surface area contributed by atoms with Gasteiger partial charge in [0, 0.05) is 31.1 Å². The number of allylic oxidation sites excluding steroid dienone is 1. The fraction of sp³-hybridized carbons (Fsp3) is 0.583. The molecule has 0 aromatic carbocycles. The van der Waals surface area contributed by atoms with Crippen LogP contribution in [0.5, 0.6) is 0 Å². The van der Waals surface area contributed by atoms with Crippen LogP contribution in [-0.2, 0) is 11.2 Å². The van der Waals surface area contributed by atoms with Crippen molar-refractivity contribution in [2.45, 2.75) is 19.8 Å². The van der Waals surface area contributed by atoms with Gasteiger partial charge < -0.3 is 10.1 Å². The molecule has 1 aromatic rings. The maximum absolute atomic E-state index is 4.96. The van der Waals surface area contributed by atoms with Crippen LogP contribution in [0.4, 0.5) is 0 Å². The van der Waals surface area contributed by atoms with Crippen molar-refractivity contribution in [3.05, 3.63) is 28.2 Å². The molecule has 0 aliphatic heterocycles. The van der Waals surface area contributed by atoms with Crippen LogP contribution in [0.2, 0.25) is 0 Å². The fourth-order valence-electron chi connectivity index (χ4n) is 1.40. The number of rotatable bonds is 8. The van der Waals surface area contributed by atoms with Gasteiger partial charge in [-0.2, -0.15) is 0 Å². The highest BCUT2D eigenvalue weighted by molar-refractivity contribution is 7.09. The third-order valence-corrected chi connectivity index (χ3v) is 3.01. The van der Waals surface area contributed by atoms with Gasteiger partial charge >= 0.3 is 0 Å². The summed E-state index contributed by atoms with van der Waals surface area (Å²) >= 11 is 1.72. The van der Waals surface area contributed by atoms with Crippen LogP contribution in [-0.4, -0.2) is 31.8 Å². The van der Waals surface area contributed by atoms with E-state index in [0.29, 0.717) is 0 Å². The Labute approximate surface area is 102 Å². The molecule has 1 rings (SSSR count). The molecule has 0 saturated carbocycles. The fourth-order valence-corrected chi connectivity index (χ4v) is 2.09. The van der Waals surface area contributed by atoms with E-state index < -0.39 is 0 Å². The summed E-state index contributed by atoms with van der Waals surface area (Å²) in [6, 6.07) is 0. The number of nitrogens with zero attached hydrogens (tertiary/aromatic N) is 1. The molecule has 16 heavy (non-hydrogen) atoms. The summed E-state index contributed by atoms with van der Waals surface area (Å²) in [7, 11) is 1.72. The summed E-state index contributed by atoms with van der Waals surface area (Å²) in [6.45, 7) is 4.90. The van der Waals surface area contributed by atoms with Crippen molar-refractivity contribution in [2.24, 2.45) is 0 Å². The molecule has 4 heteroatoms. The summed E-state index contributed by atoms with van der Waals surface area (Å²) in [4.78, 5) is 5.40. The van der Waals surface area contributed by atoms with Gasteiger partial charge in [-0.25, -0.2) is 0 Å². The lowest BCUT2D eigenvalue weighted by atomic mass is 10.1. The Hall–Kier alpha value is -0.710. The number of hydrogen-bond donors (Lipinski definition) is 1. The number of nitrogens with one attached hydrogen (secondary N) is 1. The van der Waals surface area contributed by atoms with Crippen LogP contribution >= 0.6 is 11.3 Å². The van der Waals surface area contributed by atoms with Crippen molar-refractivity contribution in [1.82, 2.24) is 10.3 Å². The van der Waals surface area contributed by atoms with E-state index in [-0.39, 0.29) is 0 Å². The Bertz CT molecular complexity index is 296. The Morgan fingerprint density at radius 1 is 1.56 bits per heavy atom. The third kappa shape index (κ3) is 6.00.